The molecule has 1 aromatic carbocycles. The molecule has 0 atom stereocenters. The number of hydrogen-bond acceptors (Lipinski definition) is 3. The fraction of sp³-hybridized carbons (Fsp3) is 0. The average molecular weight is 149 g/mol. The number of phenolic OH excluding ortho intramolecular Hbond substituents is 1. The van der Waals surface area contributed by atoms with Crippen molar-refractivity contribution in [1.82, 2.24) is 0 Å². The van der Waals surface area contributed by atoms with Crippen LogP contribution >= 0.6 is 0 Å². The molecular formula is C8H7NO2. The van der Waals surface area contributed by atoms with Crippen LogP contribution in [0.4, 0.5) is 5.88 Å². The summed E-state index contributed by atoms with van der Waals surface area (Å²) >= 11 is 0. The van der Waals surface area contributed by atoms with Crippen LogP contribution in [0, 0.1) is 0 Å². The maximum absolute atomic E-state index is 9.24. The molecule has 1 heterocycles. The van der Waals surface area contributed by atoms with E-state index in [2.05, 4.69) is 0 Å². The van der Waals surface area contributed by atoms with Crippen LogP contribution < -0.4 is 5.73 Å². The van der Waals surface area contributed by atoms with Crippen molar-refractivity contribution in [3.8, 4) is 5.75 Å². The Kier molecular flexibility index (Phi) is 1.06. The third-order valence-corrected chi connectivity index (χ3v) is 1.54. The molecule has 0 saturated heterocycles. The smallest absolute Gasteiger partial charge is 0.191 e. The van der Waals surface area contributed by atoms with Gasteiger partial charge in [0, 0.05) is 11.5 Å². The van der Waals surface area contributed by atoms with E-state index in [1.165, 1.54) is 0 Å². The van der Waals surface area contributed by atoms with Crippen LogP contribution in [0.15, 0.2) is 28.7 Å². The zero-order valence-corrected chi connectivity index (χ0v) is 5.74. The molecule has 2 aromatic rings. The minimum Gasteiger partial charge on any atom is -0.504 e. The van der Waals surface area contributed by atoms with Gasteiger partial charge < -0.3 is 15.3 Å². The molecule has 1 aromatic heterocycles. The van der Waals surface area contributed by atoms with Crippen LogP contribution in [0.25, 0.3) is 11.0 Å². The number of furan rings is 1. The summed E-state index contributed by atoms with van der Waals surface area (Å²) in [5.74, 6) is 0.445. The molecule has 3 N–H and O–H groups in total. The number of nitrogens with two attached hydrogens (primary N) is 1. The third kappa shape index (κ3) is 0.816. The molecular weight excluding hydrogens is 142 g/mol. The number of rotatable bonds is 0. The number of para-hydroxylation sites is 1. The predicted octanol–water partition coefficient (Wildman–Crippen LogP) is 1.72. The maximum atomic E-state index is 9.24. The summed E-state index contributed by atoms with van der Waals surface area (Å²) in [4.78, 5) is 0. The Balaban J connectivity index is 2.90. The van der Waals surface area contributed by atoms with Gasteiger partial charge in [0.1, 0.15) is 0 Å². The van der Waals surface area contributed by atoms with Gasteiger partial charge in [-0.25, -0.2) is 0 Å². The number of fused-ring (bicyclic) bond motifs is 1. The molecule has 0 aliphatic heterocycles. The Morgan fingerprint density at radius 2 is 2.18 bits per heavy atom. The largest absolute Gasteiger partial charge is 0.504 e. The first-order valence-corrected chi connectivity index (χ1v) is 3.24. The standard InChI is InChI=1S/C8H7NO2/c9-7-4-5-2-1-3-6(10)8(5)11-7/h1-4,10H,9H2. The van der Waals surface area contributed by atoms with E-state index in [9.17, 15) is 5.11 Å². The fourth-order valence-electron chi connectivity index (χ4n) is 1.07. The van der Waals surface area contributed by atoms with Gasteiger partial charge in [-0.2, -0.15) is 0 Å². The van der Waals surface area contributed by atoms with Gasteiger partial charge in [-0.1, -0.05) is 12.1 Å². The molecule has 0 radical (unpaired) electrons. The van der Waals surface area contributed by atoms with E-state index < -0.39 is 0 Å². The number of phenols is 1. The normalized spacial score (nSPS) is 10.5. The summed E-state index contributed by atoms with van der Waals surface area (Å²) in [5.41, 5.74) is 5.83. The Labute approximate surface area is 63.0 Å². The van der Waals surface area contributed by atoms with Gasteiger partial charge in [0.25, 0.3) is 0 Å². The van der Waals surface area contributed by atoms with Crippen LogP contribution in [-0.2, 0) is 0 Å². The van der Waals surface area contributed by atoms with Gasteiger partial charge in [-0.05, 0) is 6.07 Å². The Hall–Kier alpha value is -1.64. The second-order valence-corrected chi connectivity index (χ2v) is 2.34. The summed E-state index contributed by atoms with van der Waals surface area (Å²) in [7, 11) is 0. The highest BCUT2D eigenvalue weighted by Crippen LogP contribution is 2.28. The number of nitrogen functional groups attached to an aromatic ring is 1. The van der Waals surface area contributed by atoms with Crippen molar-refractivity contribution < 1.29 is 9.52 Å². The fourth-order valence-corrected chi connectivity index (χ4v) is 1.07. The summed E-state index contributed by atoms with van der Waals surface area (Å²) in [6.45, 7) is 0. The van der Waals surface area contributed by atoms with Crippen molar-refractivity contribution in [2.24, 2.45) is 0 Å². The molecule has 0 amide bonds. The molecule has 0 fully saturated rings. The summed E-state index contributed by atoms with van der Waals surface area (Å²) in [5, 5.41) is 10.1. The molecule has 0 bridgehead atoms. The highest BCUT2D eigenvalue weighted by molar-refractivity contribution is 5.85. The third-order valence-electron chi connectivity index (χ3n) is 1.54. The molecule has 11 heavy (non-hydrogen) atoms. The van der Waals surface area contributed by atoms with E-state index in [1.807, 2.05) is 6.07 Å². The second-order valence-electron chi connectivity index (χ2n) is 2.34. The molecule has 56 valence electrons. The Bertz CT molecular complexity index is 392. The predicted molar refractivity (Wildman–Crippen MR) is 42.3 cm³/mol. The lowest BCUT2D eigenvalue weighted by molar-refractivity contribution is 0.467. The van der Waals surface area contributed by atoms with Crippen molar-refractivity contribution in [3.63, 3.8) is 0 Å². The molecule has 0 aliphatic rings. The van der Waals surface area contributed by atoms with Crippen molar-refractivity contribution in [2.45, 2.75) is 0 Å². The maximum Gasteiger partial charge on any atom is 0.191 e. The summed E-state index contributed by atoms with van der Waals surface area (Å²) in [6, 6.07) is 6.81. The van der Waals surface area contributed by atoms with Gasteiger partial charge in [-0.3, -0.25) is 0 Å². The Morgan fingerprint density at radius 3 is 2.91 bits per heavy atom. The van der Waals surface area contributed by atoms with E-state index in [1.54, 1.807) is 18.2 Å². The molecule has 0 saturated carbocycles. The molecule has 2 rings (SSSR count). The first-order valence-electron chi connectivity index (χ1n) is 3.24. The van der Waals surface area contributed by atoms with E-state index in [0.717, 1.165) is 5.39 Å². The number of hydrogen-bond donors (Lipinski definition) is 2. The quantitative estimate of drug-likeness (QED) is 0.599. The van der Waals surface area contributed by atoms with E-state index >= 15 is 0 Å². The summed E-state index contributed by atoms with van der Waals surface area (Å²) in [6.07, 6.45) is 0. The van der Waals surface area contributed by atoms with Crippen molar-refractivity contribution in [1.29, 1.82) is 0 Å². The number of aromatic hydroxyl groups is 1. The molecule has 0 spiro atoms. The van der Waals surface area contributed by atoms with E-state index in [0.29, 0.717) is 11.5 Å². The average Bonchev–Trinajstić information content (AvgIpc) is 2.31. The van der Waals surface area contributed by atoms with E-state index in [-0.39, 0.29) is 5.75 Å². The van der Waals surface area contributed by atoms with Crippen LogP contribution in [-0.4, -0.2) is 5.11 Å². The molecule has 0 unspecified atom stereocenters. The monoisotopic (exact) mass is 149 g/mol. The Morgan fingerprint density at radius 1 is 1.36 bits per heavy atom. The first-order chi connectivity index (χ1) is 5.27. The number of benzene rings is 1. The van der Waals surface area contributed by atoms with Gasteiger partial charge >= 0.3 is 0 Å². The topological polar surface area (TPSA) is 59.4 Å². The highest BCUT2D eigenvalue weighted by atomic mass is 16.4. The van der Waals surface area contributed by atoms with Gasteiger partial charge in [0.2, 0.25) is 0 Å². The van der Waals surface area contributed by atoms with Gasteiger partial charge in [0.05, 0.1) is 0 Å². The minimum atomic E-state index is 0.124. The molecule has 3 nitrogen and oxygen atoms in total. The van der Waals surface area contributed by atoms with Crippen LogP contribution in [0.3, 0.4) is 0 Å². The van der Waals surface area contributed by atoms with Crippen LogP contribution in [0.2, 0.25) is 0 Å². The van der Waals surface area contributed by atoms with Gasteiger partial charge in [-0.15, -0.1) is 0 Å². The van der Waals surface area contributed by atoms with E-state index in [4.69, 9.17) is 10.2 Å². The lowest BCUT2D eigenvalue weighted by Gasteiger charge is -1.89. The highest BCUT2D eigenvalue weighted by Gasteiger charge is 2.03. The molecule has 0 aliphatic carbocycles. The number of anilines is 1. The SMILES string of the molecule is Nc1cc2cccc(O)c2o1. The zero-order valence-electron chi connectivity index (χ0n) is 5.74. The van der Waals surface area contributed by atoms with Crippen LogP contribution in [0.5, 0.6) is 5.75 Å². The van der Waals surface area contributed by atoms with Crippen LogP contribution in [0.1, 0.15) is 0 Å². The van der Waals surface area contributed by atoms with Crippen molar-refractivity contribution >= 4 is 16.9 Å². The van der Waals surface area contributed by atoms with Crippen molar-refractivity contribution in [2.75, 3.05) is 5.73 Å². The zero-order chi connectivity index (χ0) is 7.84. The lowest BCUT2D eigenvalue weighted by atomic mass is 10.2. The van der Waals surface area contributed by atoms with Crippen molar-refractivity contribution in [3.05, 3.63) is 24.3 Å². The van der Waals surface area contributed by atoms with Gasteiger partial charge in [0.15, 0.2) is 17.2 Å². The summed E-state index contributed by atoms with van der Waals surface area (Å²) < 4.78 is 5.03. The first kappa shape index (κ1) is 6.09. The lowest BCUT2D eigenvalue weighted by Crippen LogP contribution is -1.75. The minimum absolute atomic E-state index is 0.124. The molecule has 3 heteroatoms. The second kappa shape index (κ2) is 1.92.